The van der Waals surface area contributed by atoms with Gasteiger partial charge in [0.25, 0.3) is 5.56 Å². The van der Waals surface area contributed by atoms with Gasteiger partial charge in [-0.1, -0.05) is 0 Å². The highest BCUT2D eigenvalue weighted by molar-refractivity contribution is 5.81. The summed E-state index contributed by atoms with van der Waals surface area (Å²) in [5.41, 5.74) is 3.03. The Morgan fingerprint density at radius 3 is 2.76 bits per heavy atom. The summed E-state index contributed by atoms with van der Waals surface area (Å²) >= 11 is 0. The number of nitriles is 1. The topological polar surface area (TPSA) is 63.6 Å². The highest BCUT2D eigenvalue weighted by Crippen LogP contribution is 2.24. The lowest BCUT2D eigenvalue weighted by atomic mass is 10.2. The molecule has 3 aromatic rings. The molecule has 21 heavy (non-hydrogen) atoms. The standard InChI is InChI=1S/C16H14N4O/c1-3-20-14-5-4-11(10-17)8-13(14)18-16(20)12-6-7-19(2)15(21)9-12/h4-9H,3H2,1-2H3. The first-order valence-corrected chi connectivity index (χ1v) is 6.71. The number of aromatic nitrogens is 3. The highest BCUT2D eigenvalue weighted by Gasteiger charge is 2.12. The molecular weight excluding hydrogens is 264 g/mol. The van der Waals surface area contributed by atoms with Gasteiger partial charge in [0.05, 0.1) is 22.7 Å². The maximum atomic E-state index is 11.8. The molecule has 0 aliphatic rings. The molecule has 1 aromatic carbocycles. The number of benzene rings is 1. The molecule has 0 spiro atoms. The first-order chi connectivity index (χ1) is 10.1. The number of pyridine rings is 1. The molecule has 0 atom stereocenters. The summed E-state index contributed by atoms with van der Waals surface area (Å²) in [7, 11) is 1.72. The van der Waals surface area contributed by atoms with Crippen LogP contribution in [0.25, 0.3) is 22.4 Å². The van der Waals surface area contributed by atoms with Crippen molar-refractivity contribution >= 4 is 11.0 Å². The van der Waals surface area contributed by atoms with Gasteiger partial charge in [0, 0.05) is 31.4 Å². The van der Waals surface area contributed by atoms with Crippen LogP contribution < -0.4 is 5.56 Å². The van der Waals surface area contributed by atoms with Gasteiger partial charge in [-0.2, -0.15) is 5.26 Å². The Hall–Kier alpha value is -2.87. The number of hydrogen-bond donors (Lipinski definition) is 0. The lowest BCUT2D eigenvalue weighted by Crippen LogP contribution is -2.14. The monoisotopic (exact) mass is 278 g/mol. The molecule has 0 amide bonds. The second-order valence-electron chi connectivity index (χ2n) is 4.86. The maximum Gasteiger partial charge on any atom is 0.250 e. The van der Waals surface area contributed by atoms with Gasteiger partial charge in [0.2, 0.25) is 0 Å². The molecule has 5 nitrogen and oxygen atoms in total. The largest absolute Gasteiger partial charge is 0.324 e. The third-order valence-corrected chi connectivity index (χ3v) is 3.56. The van der Waals surface area contributed by atoms with Gasteiger partial charge in [-0.25, -0.2) is 4.98 Å². The van der Waals surface area contributed by atoms with Crippen molar-refractivity contribution in [3.8, 4) is 17.5 Å². The zero-order valence-electron chi connectivity index (χ0n) is 11.9. The van der Waals surface area contributed by atoms with E-state index >= 15 is 0 Å². The molecule has 0 saturated heterocycles. The summed E-state index contributed by atoms with van der Waals surface area (Å²) in [6.07, 6.45) is 1.73. The Bertz CT molecular complexity index is 928. The minimum atomic E-state index is -0.0695. The van der Waals surface area contributed by atoms with Crippen molar-refractivity contribution < 1.29 is 0 Å². The molecule has 0 aliphatic carbocycles. The summed E-state index contributed by atoms with van der Waals surface area (Å²) < 4.78 is 3.57. The smallest absolute Gasteiger partial charge is 0.250 e. The first-order valence-electron chi connectivity index (χ1n) is 6.71. The van der Waals surface area contributed by atoms with Crippen LogP contribution in [0.15, 0.2) is 41.3 Å². The number of imidazole rings is 1. The van der Waals surface area contributed by atoms with E-state index in [1.54, 1.807) is 31.4 Å². The molecule has 0 aliphatic heterocycles. The predicted octanol–water partition coefficient (Wildman–Crippen LogP) is 2.29. The number of rotatable bonds is 2. The van der Waals surface area contributed by atoms with Gasteiger partial charge in [-0.3, -0.25) is 4.79 Å². The van der Waals surface area contributed by atoms with Crippen LogP contribution in [0.3, 0.4) is 0 Å². The fourth-order valence-electron chi connectivity index (χ4n) is 2.43. The second-order valence-corrected chi connectivity index (χ2v) is 4.86. The summed E-state index contributed by atoms with van der Waals surface area (Å²) in [6, 6.07) is 11.0. The molecule has 104 valence electrons. The number of nitrogens with zero attached hydrogens (tertiary/aromatic N) is 4. The van der Waals surface area contributed by atoms with Crippen molar-refractivity contribution in [2.24, 2.45) is 7.05 Å². The van der Waals surface area contributed by atoms with E-state index in [-0.39, 0.29) is 5.56 Å². The molecular formula is C16H14N4O. The fraction of sp³-hybridized carbons (Fsp3) is 0.188. The molecule has 3 rings (SSSR count). The van der Waals surface area contributed by atoms with Crippen LogP contribution >= 0.6 is 0 Å². The summed E-state index contributed by atoms with van der Waals surface area (Å²) in [5, 5.41) is 8.99. The minimum Gasteiger partial charge on any atom is -0.324 e. The van der Waals surface area contributed by atoms with Crippen LogP contribution in [0.2, 0.25) is 0 Å². The molecule has 2 heterocycles. The Morgan fingerprint density at radius 2 is 2.10 bits per heavy atom. The van der Waals surface area contributed by atoms with Crippen LogP contribution in [-0.2, 0) is 13.6 Å². The molecule has 0 bridgehead atoms. The van der Waals surface area contributed by atoms with E-state index < -0.39 is 0 Å². The lowest BCUT2D eigenvalue weighted by molar-refractivity contribution is 0.793. The number of aryl methyl sites for hydroxylation is 2. The Morgan fingerprint density at radius 1 is 1.29 bits per heavy atom. The quantitative estimate of drug-likeness (QED) is 0.722. The third-order valence-electron chi connectivity index (χ3n) is 3.56. The van der Waals surface area contributed by atoms with Crippen LogP contribution in [0.1, 0.15) is 12.5 Å². The van der Waals surface area contributed by atoms with Gasteiger partial charge in [0.15, 0.2) is 0 Å². The Kier molecular flexibility index (Phi) is 3.07. The first kappa shape index (κ1) is 13.1. The van der Waals surface area contributed by atoms with E-state index in [0.717, 1.165) is 29.0 Å². The van der Waals surface area contributed by atoms with Gasteiger partial charge in [-0.15, -0.1) is 0 Å². The van der Waals surface area contributed by atoms with Crippen molar-refractivity contribution in [3.63, 3.8) is 0 Å². The van der Waals surface area contributed by atoms with Crippen LogP contribution in [0.5, 0.6) is 0 Å². The van der Waals surface area contributed by atoms with E-state index in [1.807, 2.05) is 23.6 Å². The summed E-state index contributed by atoms with van der Waals surface area (Å²) in [6.45, 7) is 2.77. The normalized spacial score (nSPS) is 10.7. The number of fused-ring (bicyclic) bond motifs is 1. The Balaban J connectivity index is 2.29. The van der Waals surface area contributed by atoms with Crippen molar-refractivity contribution in [2.75, 3.05) is 0 Å². The van der Waals surface area contributed by atoms with Crippen LogP contribution in [0.4, 0.5) is 0 Å². The Labute approximate surface area is 121 Å². The van der Waals surface area contributed by atoms with Crippen molar-refractivity contribution in [1.29, 1.82) is 5.26 Å². The van der Waals surface area contributed by atoms with E-state index in [2.05, 4.69) is 11.1 Å². The fourth-order valence-corrected chi connectivity index (χ4v) is 2.43. The summed E-state index contributed by atoms with van der Waals surface area (Å²) in [5.74, 6) is 0.750. The lowest BCUT2D eigenvalue weighted by Gasteiger charge is -2.06. The maximum absolute atomic E-state index is 11.8. The second kappa shape index (κ2) is 4.91. The summed E-state index contributed by atoms with van der Waals surface area (Å²) in [4.78, 5) is 16.4. The SMILES string of the molecule is CCn1c(-c2ccn(C)c(=O)c2)nc2cc(C#N)ccc21. The van der Waals surface area contributed by atoms with Crippen LogP contribution in [0, 0.1) is 11.3 Å². The third kappa shape index (κ3) is 2.11. The molecule has 2 aromatic heterocycles. The molecule has 0 N–H and O–H groups in total. The average molecular weight is 278 g/mol. The molecule has 5 heteroatoms. The zero-order valence-corrected chi connectivity index (χ0v) is 11.9. The number of hydrogen-bond acceptors (Lipinski definition) is 3. The highest BCUT2D eigenvalue weighted by atomic mass is 16.1. The molecule has 0 fully saturated rings. The van der Waals surface area contributed by atoms with Crippen molar-refractivity contribution in [3.05, 3.63) is 52.4 Å². The van der Waals surface area contributed by atoms with Crippen molar-refractivity contribution in [2.45, 2.75) is 13.5 Å². The van der Waals surface area contributed by atoms with E-state index in [0.29, 0.717) is 5.56 Å². The minimum absolute atomic E-state index is 0.0695. The van der Waals surface area contributed by atoms with Gasteiger partial charge >= 0.3 is 0 Å². The molecule has 0 unspecified atom stereocenters. The van der Waals surface area contributed by atoms with E-state index in [9.17, 15) is 4.79 Å². The van der Waals surface area contributed by atoms with Crippen molar-refractivity contribution in [1.82, 2.24) is 14.1 Å². The predicted molar refractivity (Wildman–Crippen MR) is 80.8 cm³/mol. The van der Waals surface area contributed by atoms with E-state index in [1.165, 1.54) is 4.57 Å². The van der Waals surface area contributed by atoms with Crippen LogP contribution in [-0.4, -0.2) is 14.1 Å². The molecule has 0 radical (unpaired) electrons. The molecule has 0 saturated carbocycles. The zero-order chi connectivity index (χ0) is 15.0. The van der Waals surface area contributed by atoms with Gasteiger partial charge in [0.1, 0.15) is 5.82 Å². The average Bonchev–Trinajstić information content (AvgIpc) is 2.87. The van der Waals surface area contributed by atoms with Gasteiger partial charge in [-0.05, 0) is 31.2 Å². The van der Waals surface area contributed by atoms with Gasteiger partial charge < -0.3 is 9.13 Å². The van der Waals surface area contributed by atoms with E-state index in [4.69, 9.17) is 5.26 Å².